The number of hydrogen-bond donors (Lipinski definition) is 1. The quantitative estimate of drug-likeness (QED) is 0.830. The van der Waals surface area contributed by atoms with Crippen molar-refractivity contribution in [3.63, 3.8) is 0 Å². The standard InChI is InChI=1S/C16H24N2O3/c1-17-12-13-6-5-10-18(13)16(19)9-11-21-15-8-4-3-7-14(15)20-2/h3-4,7-8,13,17H,5-6,9-12H2,1-2H3/t13-/m1/s1. The molecule has 1 N–H and O–H groups in total. The number of benzene rings is 1. The van der Waals surface area contributed by atoms with Crippen molar-refractivity contribution >= 4 is 5.91 Å². The van der Waals surface area contributed by atoms with Gasteiger partial charge in [0.2, 0.25) is 5.91 Å². The van der Waals surface area contributed by atoms with Gasteiger partial charge in [-0.3, -0.25) is 4.79 Å². The van der Waals surface area contributed by atoms with Gasteiger partial charge in [-0.1, -0.05) is 12.1 Å². The summed E-state index contributed by atoms with van der Waals surface area (Å²) in [5.41, 5.74) is 0. The molecule has 1 atom stereocenters. The molecule has 1 aliphatic rings. The van der Waals surface area contributed by atoms with Gasteiger partial charge in [0.15, 0.2) is 11.5 Å². The van der Waals surface area contributed by atoms with Gasteiger partial charge in [-0.15, -0.1) is 0 Å². The molecule has 0 bridgehead atoms. The first-order chi connectivity index (χ1) is 10.3. The topological polar surface area (TPSA) is 50.8 Å². The number of amides is 1. The maximum absolute atomic E-state index is 12.3. The molecule has 2 rings (SSSR count). The largest absolute Gasteiger partial charge is 0.493 e. The minimum Gasteiger partial charge on any atom is -0.493 e. The molecule has 1 aliphatic heterocycles. The Kier molecular flexibility index (Phi) is 5.87. The highest BCUT2D eigenvalue weighted by atomic mass is 16.5. The number of methoxy groups -OCH3 is 1. The maximum atomic E-state index is 12.3. The van der Waals surface area contributed by atoms with Crippen LogP contribution in [0.4, 0.5) is 0 Å². The molecule has 21 heavy (non-hydrogen) atoms. The Morgan fingerprint density at radius 1 is 1.38 bits per heavy atom. The smallest absolute Gasteiger partial charge is 0.226 e. The van der Waals surface area contributed by atoms with Gasteiger partial charge in [-0.25, -0.2) is 0 Å². The first-order valence-corrected chi connectivity index (χ1v) is 7.46. The molecule has 0 aliphatic carbocycles. The molecule has 1 fully saturated rings. The summed E-state index contributed by atoms with van der Waals surface area (Å²) < 4.78 is 10.9. The van der Waals surface area contributed by atoms with Gasteiger partial charge in [0.25, 0.3) is 0 Å². The molecule has 1 aromatic carbocycles. The van der Waals surface area contributed by atoms with E-state index in [1.807, 2.05) is 36.2 Å². The van der Waals surface area contributed by atoms with Gasteiger partial charge in [0.1, 0.15) is 0 Å². The summed E-state index contributed by atoms with van der Waals surface area (Å²) in [5.74, 6) is 1.54. The number of carbonyl (C=O) groups is 1. The molecule has 1 amide bonds. The molecule has 0 spiro atoms. The molecule has 0 radical (unpaired) electrons. The minimum absolute atomic E-state index is 0.169. The molecule has 0 aromatic heterocycles. The van der Waals surface area contributed by atoms with E-state index in [-0.39, 0.29) is 5.91 Å². The Balaban J connectivity index is 1.81. The first kappa shape index (κ1) is 15.6. The van der Waals surface area contributed by atoms with Crippen molar-refractivity contribution in [3.05, 3.63) is 24.3 Å². The molecular weight excluding hydrogens is 268 g/mol. The van der Waals surface area contributed by atoms with Crippen molar-refractivity contribution in [1.82, 2.24) is 10.2 Å². The van der Waals surface area contributed by atoms with Crippen LogP contribution in [-0.2, 0) is 4.79 Å². The maximum Gasteiger partial charge on any atom is 0.226 e. The normalized spacial score (nSPS) is 17.8. The van der Waals surface area contributed by atoms with Gasteiger partial charge in [-0.2, -0.15) is 0 Å². The van der Waals surface area contributed by atoms with Gasteiger partial charge < -0.3 is 19.7 Å². The summed E-state index contributed by atoms with van der Waals surface area (Å²) in [6.45, 7) is 2.10. The Morgan fingerprint density at radius 2 is 2.14 bits per heavy atom. The van der Waals surface area contributed by atoms with Crippen LogP contribution in [0.15, 0.2) is 24.3 Å². The van der Waals surface area contributed by atoms with Crippen LogP contribution in [0.5, 0.6) is 11.5 Å². The summed E-state index contributed by atoms with van der Waals surface area (Å²) in [6, 6.07) is 7.81. The predicted molar refractivity (Wildman–Crippen MR) is 81.8 cm³/mol. The van der Waals surface area contributed by atoms with Gasteiger partial charge >= 0.3 is 0 Å². The van der Waals surface area contributed by atoms with Gasteiger partial charge in [-0.05, 0) is 32.0 Å². The Bertz CT molecular complexity index is 465. The Morgan fingerprint density at radius 3 is 2.86 bits per heavy atom. The molecule has 1 aromatic rings. The summed E-state index contributed by atoms with van der Waals surface area (Å²) in [4.78, 5) is 14.2. The van der Waals surface area contributed by atoms with Crippen molar-refractivity contribution in [2.45, 2.75) is 25.3 Å². The van der Waals surface area contributed by atoms with Crippen molar-refractivity contribution in [2.24, 2.45) is 0 Å². The molecule has 5 heteroatoms. The van der Waals surface area contributed by atoms with Crippen LogP contribution in [-0.4, -0.2) is 50.7 Å². The number of ether oxygens (including phenoxy) is 2. The first-order valence-electron chi connectivity index (χ1n) is 7.46. The zero-order valence-electron chi connectivity index (χ0n) is 12.8. The van der Waals surface area contributed by atoms with Crippen LogP contribution in [0.3, 0.4) is 0 Å². The predicted octanol–water partition coefficient (Wildman–Crippen LogP) is 1.67. The molecule has 1 saturated heterocycles. The zero-order valence-corrected chi connectivity index (χ0v) is 12.8. The lowest BCUT2D eigenvalue weighted by molar-refractivity contribution is -0.132. The van der Waals surface area contributed by atoms with Crippen molar-refractivity contribution in [1.29, 1.82) is 0 Å². The van der Waals surface area contributed by atoms with Crippen LogP contribution >= 0.6 is 0 Å². The van der Waals surface area contributed by atoms with Gasteiger partial charge in [0.05, 0.1) is 20.1 Å². The fraction of sp³-hybridized carbons (Fsp3) is 0.562. The fourth-order valence-corrected chi connectivity index (χ4v) is 2.74. The third-order valence-electron chi connectivity index (χ3n) is 3.78. The van der Waals surface area contributed by atoms with E-state index in [0.717, 1.165) is 25.9 Å². The number of hydrogen-bond acceptors (Lipinski definition) is 4. The number of carbonyl (C=O) groups excluding carboxylic acids is 1. The molecule has 5 nitrogen and oxygen atoms in total. The van der Waals surface area contributed by atoms with Crippen LogP contribution in [0, 0.1) is 0 Å². The van der Waals surface area contributed by atoms with Crippen molar-refractivity contribution < 1.29 is 14.3 Å². The van der Waals surface area contributed by atoms with E-state index in [1.165, 1.54) is 0 Å². The van der Waals surface area contributed by atoms with Crippen LogP contribution in [0.2, 0.25) is 0 Å². The summed E-state index contributed by atoms with van der Waals surface area (Å²) in [5, 5.41) is 3.15. The molecule has 116 valence electrons. The van der Waals surface area contributed by atoms with E-state index in [2.05, 4.69) is 5.32 Å². The lowest BCUT2D eigenvalue weighted by atomic mass is 10.2. The Hall–Kier alpha value is -1.75. The number of rotatable bonds is 7. The minimum atomic E-state index is 0.169. The summed E-state index contributed by atoms with van der Waals surface area (Å²) in [7, 11) is 3.53. The highest BCUT2D eigenvalue weighted by molar-refractivity contribution is 5.77. The summed E-state index contributed by atoms with van der Waals surface area (Å²) >= 11 is 0. The number of likely N-dealkylation sites (N-methyl/N-ethyl adjacent to an activating group) is 1. The average Bonchev–Trinajstić information content (AvgIpc) is 2.96. The molecule has 0 unspecified atom stereocenters. The van der Waals surface area contributed by atoms with E-state index in [4.69, 9.17) is 9.47 Å². The lowest BCUT2D eigenvalue weighted by Gasteiger charge is -2.24. The number of nitrogens with zero attached hydrogens (tertiary/aromatic N) is 1. The highest BCUT2D eigenvalue weighted by Gasteiger charge is 2.27. The van der Waals surface area contributed by atoms with Gasteiger partial charge in [0, 0.05) is 19.1 Å². The average molecular weight is 292 g/mol. The number of nitrogens with one attached hydrogen (secondary N) is 1. The number of para-hydroxylation sites is 2. The summed E-state index contributed by atoms with van der Waals surface area (Å²) in [6.07, 6.45) is 2.57. The third kappa shape index (κ3) is 4.11. The van der Waals surface area contributed by atoms with E-state index in [9.17, 15) is 4.79 Å². The zero-order chi connectivity index (χ0) is 15.1. The molecule has 0 saturated carbocycles. The van der Waals surface area contributed by atoms with Crippen LogP contribution < -0.4 is 14.8 Å². The Labute approximate surface area is 126 Å². The number of likely N-dealkylation sites (tertiary alicyclic amines) is 1. The highest BCUT2D eigenvalue weighted by Crippen LogP contribution is 2.26. The van der Waals surface area contributed by atoms with Crippen molar-refractivity contribution in [3.8, 4) is 11.5 Å². The van der Waals surface area contributed by atoms with E-state index in [1.54, 1.807) is 7.11 Å². The second kappa shape index (κ2) is 7.88. The van der Waals surface area contributed by atoms with E-state index in [0.29, 0.717) is 30.6 Å². The van der Waals surface area contributed by atoms with E-state index >= 15 is 0 Å². The van der Waals surface area contributed by atoms with E-state index < -0.39 is 0 Å². The van der Waals surface area contributed by atoms with Crippen LogP contribution in [0.25, 0.3) is 0 Å². The molecule has 1 heterocycles. The molecular formula is C16H24N2O3. The fourth-order valence-electron chi connectivity index (χ4n) is 2.74. The third-order valence-corrected chi connectivity index (χ3v) is 3.78. The van der Waals surface area contributed by atoms with Crippen molar-refractivity contribution in [2.75, 3.05) is 33.9 Å². The second-order valence-electron chi connectivity index (χ2n) is 5.19. The lowest BCUT2D eigenvalue weighted by Crippen LogP contribution is -2.41. The SMILES string of the molecule is CNC[C@H]1CCCN1C(=O)CCOc1ccccc1OC. The monoisotopic (exact) mass is 292 g/mol. The second-order valence-corrected chi connectivity index (χ2v) is 5.19. The van der Waals surface area contributed by atoms with Crippen LogP contribution in [0.1, 0.15) is 19.3 Å².